The first-order valence-corrected chi connectivity index (χ1v) is 9.11. The summed E-state index contributed by atoms with van der Waals surface area (Å²) in [5.41, 5.74) is 0.302. The molecule has 2 saturated carbocycles. The van der Waals surface area contributed by atoms with E-state index in [-0.39, 0.29) is 0 Å². The van der Waals surface area contributed by atoms with Crippen molar-refractivity contribution in [1.82, 2.24) is 5.32 Å². The van der Waals surface area contributed by atoms with Crippen molar-refractivity contribution >= 4 is 0 Å². The summed E-state index contributed by atoms with van der Waals surface area (Å²) in [6.07, 6.45) is 12.3. The lowest BCUT2D eigenvalue weighted by molar-refractivity contribution is -0.149. The Morgan fingerprint density at radius 3 is 2.65 bits per heavy atom. The summed E-state index contributed by atoms with van der Waals surface area (Å²) in [6, 6.07) is 0.758. The predicted octanol–water partition coefficient (Wildman–Crippen LogP) is 4.14. The van der Waals surface area contributed by atoms with E-state index in [0.29, 0.717) is 5.60 Å². The van der Waals surface area contributed by atoms with Crippen molar-refractivity contribution in [2.24, 2.45) is 17.8 Å². The highest BCUT2D eigenvalue weighted by Gasteiger charge is 2.46. The fraction of sp³-hybridized carbons (Fsp3) is 1.00. The summed E-state index contributed by atoms with van der Waals surface area (Å²) in [7, 11) is 0. The van der Waals surface area contributed by atoms with Crippen molar-refractivity contribution in [2.45, 2.75) is 83.3 Å². The molecule has 1 heterocycles. The Labute approximate surface area is 125 Å². The van der Waals surface area contributed by atoms with Gasteiger partial charge in [0.05, 0.1) is 5.60 Å². The van der Waals surface area contributed by atoms with Crippen LogP contribution in [0, 0.1) is 17.8 Å². The Morgan fingerprint density at radius 2 is 2.05 bits per heavy atom. The van der Waals surface area contributed by atoms with Crippen molar-refractivity contribution in [1.29, 1.82) is 0 Å². The fourth-order valence-corrected chi connectivity index (χ4v) is 4.98. The smallest absolute Gasteiger partial charge is 0.0685 e. The van der Waals surface area contributed by atoms with Gasteiger partial charge in [-0.3, -0.25) is 0 Å². The zero-order valence-electron chi connectivity index (χ0n) is 13.5. The maximum Gasteiger partial charge on any atom is 0.0685 e. The van der Waals surface area contributed by atoms with Crippen LogP contribution in [0.5, 0.6) is 0 Å². The highest BCUT2D eigenvalue weighted by atomic mass is 16.5. The SMILES string of the molecule is CCCNC(C1CCOC2(CCC2)C1)C1CCCC1C. The van der Waals surface area contributed by atoms with E-state index in [9.17, 15) is 0 Å². The maximum absolute atomic E-state index is 6.15. The van der Waals surface area contributed by atoms with Crippen LogP contribution in [-0.4, -0.2) is 24.8 Å². The normalized spacial score (nSPS) is 37.8. The molecule has 0 radical (unpaired) electrons. The molecule has 0 bridgehead atoms. The summed E-state index contributed by atoms with van der Waals surface area (Å²) in [5, 5.41) is 3.94. The molecule has 2 nitrogen and oxygen atoms in total. The quantitative estimate of drug-likeness (QED) is 0.816. The van der Waals surface area contributed by atoms with Crippen LogP contribution in [0.4, 0.5) is 0 Å². The number of nitrogens with one attached hydrogen (secondary N) is 1. The standard InChI is InChI=1S/C18H33NO/c1-3-11-19-17(16-7-4-6-14(16)2)15-8-12-20-18(13-15)9-5-10-18/h14-17,19H,3-13H2,1-2H3. The van der Waals surface area contributed by atoms with Gasteiger partial charge >= 0.3 is 0 Å². The molecular formula is C18H33NO. The Bertz CT molecular complexity index is 313. The average Bonchev–Trinajstić information content (AvgIpc) is 2.84. The van der Waals surface area contributed by atoms with E-state index in [1.54, 1.807) is 0 Å². The molecule has 3 fully saturated rings. The Morgan fingerprint density at radius 1 is 1.20 bits per heavy atom. The van der Waals surface area contributed by atoms with Gasteiger partial charge in [-0.05, 0) is 69.2 Å². The van der Waals surface area contributed by atoms with Crippen molar-refractivity contribution < 1.29 is 4.74 Å². The lowest BCUT2D eigenvalue weighted by atomic mass is 9.68. The molecule has 116 valence electrons. The molecular weight excluding hydrogens is 246 g/mol. The molecule has 0 aromatic heterocycles. The minimum atomic E-state index is 0.302. The predicted molar refractivity (Wildman–Crippen MR) is 83.8 cm³/mol. The van der Waals surface area contributed by atoms with Gasteiger partial charge in [-0.15, -0.1) is 0 Å². The van der Waals surface area contributed by atoms with Crippen molar-refractivity contribution in [3.05, 3.63) is 0 Å². The maximum atomic E-state index is 6.15. The van der Waals surface area contributed by atoms with Gasteiger partial charge < -0.3 is 10.1 Å². The summed E-state index contributed by atoms with van der Waals surface area (Å²) >= 11 is 0. The molecule has 0 aromatic carbocycles. The molecule has 4 atom stereocenters. The van der Waals surface area contributed by atoms with Crippen LogP contribution in [0.25, 0.3) is 0 Å². The van der Waals surface area contributed by atoms with E-state index < -0.39 is 0 Å². The first kappa shape index (κ1) is 14.8. The zero-order valence-corrected chi connectivity index (χ0v) is 13.5. The number of rotatable bonds is 5. The molecule has 3 aliphatic rings. The highest BCUT2D eigenvalue weighted by molar-refractivity contribution is 4.99. The number of hydrogen-bond donors (Lipinski definition) is 1. The van der Waals surface area contributed by atoms with Gasteiger partial charge in [0, 0.05) is 12.6 Å². The third kappa shape index (κ3) is 2.92. The van der Waals surface area contributed by atoms with Crippen LogP contribution >= 0.6 is 0 Å². The number of hydrogen-bond acceptors (Lipinski definition) is 2. The lowest BCUT2D eigenvalue weighted by Gasteiger charge is -2.50. The van der Waals surface area contributed by atoms with E-state index in [1.165, 1.54) is 64.3 Å². The molecule has 3 rings (SSSR count). The van der Waals surface area contributed by atoms with Crippen LogP contribution in [0.3, 0.4) is 0 Å². The second-order valence-corrected chi connectivity index (χ2v) is 7.69. The largest absolute Gasteiger partial charge is 0.375 e. The molecule has 0 aromatic rings. The summed E-state index contributed by atoms with van der Waals surface area (Å²) in [4.78, 5) is 0. The third-order valence-electron chi connectivity index (χ3n) is 6.32. The van der Waals surface area contributed by atoms with Crippen LogP contribution in [0.1, 0.15) is 71.6 Å². The molecule has 2 heteroatoms. The van der Waals surface area contributed by atoms with E-state index in [1.807, 2.05) is 0 Å². The van der Waals surface area contributed by atoms with E-state index in [2.05, 4.69) is 19.2 Å². The summed E-state index contributed by atoms with van der Waals surface area (Å²) < 4.78 is 6.15. The zero-order chi connectivity index (χ0) is 14.0. The second kappa shape index (κ2) is 6.36. The third-order valence-corrected chi connectivity index (χ3v) is 6.32. The first-order chi connectivity index (χ1) is 9.74. The van der Waals surface area contributed by atoms with Gasteiger partial charge in [0.2, 0.25) is 0 Å². The molecule has 4 unspecified atom stereocenters. The topological polar surface area (TPSA) is 21.3 Å². The van der Waals surface area contributed by atoms with Crippen LogP contribution in [0.2, 0.25) is 0 Å². The van der Waals surface area contributed by atoms with Gasteiger partial charge in [0.1, 0.15) is 0 Å². The highest BCUT2D eigenvalue weighted by Crippen LogP contribution is 2.47. The van der Waals surface area contributed by atoms with Gasteiger partial charge in [0.15, 0.2) is 0 Å². The number of ether oxygens (including phenoxy) is 1. The molecule has 1 aliphatic heterocycles. The minimum absolute atomic E-state index is 0.302. The summed E-state index contributed by atoms with van der Waals surface area (Å²) in [5.74, 6) is 2.70. The molecule has 1 spiro atoms. The molecule has 1 saturated heterocycles. The van der Waals surface area contributed by atoms with E-state index in [4.69, 9.17) is 4.74 Å². The monoisotopic (exact) mass is 279 g/mol. The molecule has 1 N–H and O–H groups in total. The average molecular weight is 279 g/mol. The first-order valence-electron chi connectivity index (χ1n) is 9.11. The van der Waals surface area contributed by atoms with Crippen LogP contribution in [-0.2, 0) is 4.74 Å². The molecule has 20 heavy (non-hydrogen) atoms. The van der Waals surface area contributed by atoms with Crippen molar-refractivity contribution in [3.8, 4) is 0 Å². The van der Waals surface area contributed by atoms with Crippen LogP contribution in [0.15, 0.2) is 0 Å². The van der Waals surface area contributed by atoms with E-state index >= 15 is 0 Å². The Hall–Kier alpha value is -0.0800. The summed E-state index contributed by atoms with van der Waals surface area (Å²) in [6.45, 7) is 6.98. The van der Waals surface area contributed by atoms with Crippen molar-refractivity contribution in [2.75, 3.05) is 13.2 Å². The molecule has 0 amide bonds. The Balaban J connectivity index is 1.67. The van der Waals surface area contributed by atoms with Gasteiger partial charge in [-0.2, -0.15) is 0 Å². The van der Waals surface area contributed by atoms with E-state index in [0.717, 1.165) is 30.4 Å². The van der Waals surface area contributed by atoms with Crippen molar-refractivity contribution in [3.63, 3.8) is 0 Å². The minimum Gasteiger partial charge on any atom is -0.375 e. The molecule has 2 aliphatic carbocycles. The second-order valence-electron chi connectivity index (χ2n) is 7.69. The van der Waals surface area contributed by atoms with Gasteiger partial charge in [0.25, 0.3) is 0 Å². The van der Waals surface area contributed by atoms with Crippen LogP contribution < -0.4 is 5.32 Å². The Kier molecular flexibility index (Phi) is 4.72. The van der Waals surface area contributed by atoms with Gasteiger partial charge in [-0.1, -0.05) is 26.7 Å². The lowest BCUT2D eigenvalue weighted by Crippen LogP contribution is -2.52. The fourth-order valence-electron chi connectivity index (χ4n) is 4.98. The van der Waals surface area contributed by atoms with Gasteiger partial charge in [-0.25, -0.2) is 0 Å².